The zero-order chi connectivity index (χ0) is 30.9. The van der Waals surface area contributed by atoms with Gasteiger partial charge in [-0.1, -0.05) is 30.3 Å². The molecule has 10 nitrogen and oxygen atoms in total. The summed E-state index contributed by atoms with van der Waals surface area (Å²) in [7, 11) is -1.43. The molecule has 0 spiro atoms. The summed E-state index contributed by atoms with van der Waals surface area (Å²) >= 11 is 0. The van der Waals surface area contributed by atoms with Gasteiger partial charge in [-0.25, -0.2) is 8.42 Å². The fourth-order valence-electron chi connectivity index (χ4n) is 4.28. The molecule has 1 unspecified atom stereocenters. The van der Waals surface area contributed by atoms with Crippen LogP contribution in [0.1, 0.15) is 33.3 Å². The minimum atomic E-state index is -4.29. The molecule has 0 heterocycles. The number of amides is 2. The maximum absolute atomic E-state index is 14.1. The smallest absolute Gasteiger partial charge is 0.264 e. The number of ether oxygens (including phenoxy) is 3. The summed E-state index contributed by atoms with van der Waals surface area (Å²) < 4.78 is 45.4. The van der Waals surface area contributed by atoms with Crippen LogP contribution in [0.5, 0.6) is 17.2 Å². The summed E-state index contributed by atoms with van der Waals surface area (Å²) in [6, 6.07) is 18.9. The van der Waals surface area contributed by atoms with Gasteiger partial charge in [-0.15, -0.1) is 0 Å². The molecule has 0 aliphatic carbocycles. The number of rotatable bonds is 14. The lowest BCUT2D eigenvalue weighted by Crippen LogP contribution is -2.52. The van der Waals surface area contributed by atoms with Crippen LogP contribution in [0.4, 0.5) is 5.69 Å². The zero-order valence-corrected chi connectivity index (χ0v) is 25.7. The first kappa shape index (κ1) is 32.3. The Kier molecular flexibility index (Phi) is 11.2. The Morgan fingerprint density at radius 3 is 2.10 bits per heavy atom. The van der Waals surface area contributed by atoms with Gasteiger partial charge in [0.25, 0.3) is 10.0 Å². The van der Waals surface area contributed by atoms with Crippen molar-refractivity contribution in [3.63, 3.8) is 0 Å². The second-order valence-corrected chi connectivity index (χ2v) is 11.7. The largest absolute Gasteiger partial charge is 0.494 e. The molecule has 2 amide bonds. The molecule has 1 N–H and O–H groups in total. The highest BCUT2D eigenvalue weighted by Gasteiger charge is 2.33. The molecular weight excluding hydrogens is 558 g/mol. The number of sulfonamides is 1. The molecule has 0 aliphatic rings. The Labute approximate surface area is 248 Å². The average molecular weight is 598 g/mol. The maximum Gasteiger partial charge on any atom is 0.264 e. The summed E-state index contributed by atoms with van der Waals surface area (Å²) in [5.41, 5.74) is 1.05. The van der Waals surface area contributed by atoms with E-state index in [-0.39, 0.29) is 34.8 Å². The highest BCUT2D eigenvalue weighted by molar-refractivity contribution is 7.92. The number of carbonyl (C=O) groups is 2. The normalized spacial score (nSPS) is 11.9. The van der Waals surface area contributed by atoms with Crippen molar-refractivity contribution >= 4 is 27.5 Å². The monoisotopic (exact) mass is 597 g/mol. The summed E-state index contributed by atoms with van der Waals surface area (Å²) in [4.78, 5) is 28.3. The lowest BCUT2D eigenvalue weighted by molar-refractivity contribution is -0.139. The molecule has 0 saturated carbocycles. The first-order valence-corrected chi connectivity index (χ1v) is 15.1. The third-order valence-corrected chi connectivity index (χ3v) is 8.22. The summed E-state index contributed by atoms with van der Waals surface area (Å²) in [6.07, 6.45) is 0. The third-order valence-electron chi connectivity index (χ3n) is 6.45. The number of methoxy groups -OCH3 is 2. The Morgan fingerprint density at radius 1 is 0.881 bits per heavy atom. The van der Waals surface area contributed by atoms with Crippen molar-refractivity contribution in [2.24, 2.45) is 0 Å². The van der Waals surface area contributed by atoms with Crippen molar-refractivity contribution in [3.05, 3.63) is 78.4 Å². The first-order valence-electron chi connectivity index (χ1n) is 13.6. The van der Waals surface area contributed by atoms with Crippen molar-refractivity contribution in [1.82, 2.24) is 10.2 Å². The van der Waals surface area contributed by atoms with Crippen LogP contribution in [0.2, 0.25) is 0 Å². The number of benzene rings is 3. The van der Waals surface area contributed by atoms with E-state index in [4.69, 9.17) is 14.2 Å². The average Bonchev–Trinajstić information content (AvgIpc) is 2.98. The Bertz CT molecular complexity index is 1450. The number of hydrogen-bond donors (Lipinski definition) is 1. The molecule has 0 aromatic heterocycles. The van der Waals surface area contributed by atoms with Crippen LogP contribution < -0.4 is 23.8 Å². The van der Waals surface area contributed by atoms with E-state index in [1.165, 1.54) is 37.3 Å². The van der Waals surface area contributed by atoms with E-state index in [2.05, 4.69) is 5.32 Å². The molecule has 3 rings (SSSR count). The van der Waals surface area contributed by atoms with Crippen LogP contribution in [-0.4, -0.2) is 64.6 Å². The molecule has 0 radical (unpaired) electrons. The quantitative estimate of drug-likeness (QED) is 0.296. The predicted octanol–water partition coefficient (Wildman–Crippen LogP) is 4.24. The van der Waals surface area contributed by atoms with Crippen molar-refractivity contribution in [2.75, 3.05) is 31.7 Å². The third kappa shape index (κ3) is 7.94. The van der Waals surface area contributed by atoms with E-state index in [0.29, 0.717) is 18.1 Å². The molecule has 0 saturated heterocycles. The maximum atomic E-state index is 14.1. The molecule has 3 aromatic carbocycles. The number of nitrogens with zero attached hydrogens (tertiary/aromatic N) is 2. The minimum Gasteiger partial charge on any atom is -0.494 e. The van der Waals surface area contributed by atoms with E-state index < -0.39 is 28.5 Å². The summed E-state index contributed by atoms with van der Waals surface area (Å²) in [6.45, 7) is 7.13. The standard InChI is InChI=1S/C31H39N3O7S/c1-7-41-26-15-13-25(14-16-26)34(42(37,38)27-17-18-28(39-5)29(19-27)40-6)21-30(35)33(20-24-11-9-8-10-12-24)23(4)31(36)32-22(2)3/h8-19,22-23H,7,20-21H2,1-6H3,(H,32,36). The fraction of sp³-hybridized carbons (Fsp3) is 0.355. The van der Waals surface area contributed by atoms with E-state index >= 15 is 0 Å². The lowest BCUT2D eigenvalue weighted by Gasteiger charge is -2.32. The van der Waals surface area contributed by atoms with E-state index in [0.717, 1.165) is 9.87 Å². The molecule has 1 atom stereocenters. The molecule has 0 bridgehead atoms. The molecule has 11 heteroatoms. The number of nitrogens with one attached hydrogen (secondary N) is 1. The van der Waals surface area contributed by atoms with Gasteiger partial charge in [-0.3, -0.25) is 13.9 Å². The highest BCUT2D eigenvalue weighted by Crippen LogP contribution is 2.33. The van der Waals surface area contributed by atoms with Gasteiger partial charge in [-0.05, 0) is 69.7 Å². The fourth-order valence-corrected chi connectivity index (χ4v) is 5.71. The van der Waals surface area contributed by atoms with Gasteiger partial charge in [0.1, 0.15) is 18.3 Å². The van der Waals surface area contributed by atoms with Crippen molar-refractivity contribution in [1.29, 1.82) is 0 Å². The van der Waals surface area contributed by atoms with Crippen molar-refractivity contribution < 1.29 is 32.2 Å². The zero-order valence-electron chi connectivity index (χ0n) is 24.9. The van der Waals surface area contributed by atoms with Gasteiger partial charge in [-0.2, -0.15) is 0 Å². The van der Waals surface area contributed by atoms with Crippen LogP contribution in [0.15, 0.2) is 77.7 Å². The SMILES string of the molecule is CCOc1ccc(N(CC(=O)N(Cc2ccccc2)C(C)C(=O)NC(C)C)S(=O)(=O)c2ccc(OC)c(OC)c2)cc1. The second kappa shape index (κ2) is 14.6. The van der Waals surface area contributed by atoms with Crippen molar-refractivity contribution in [3.8, 4) is 17.2 Å². The van der Waals surface area contributed by atoms with Crippen LogP contribution in [-0.2, 0) is 26.2 Å². The summed E-state index contributed by atoms with van der Waals surface area (Å²) in [5, 5.41) is 2.84. The van der Waals surface area contributed by atoms with Crippen LogP contribution in [0, 0.1) is 0 Å². The lowest BCUT2D eigenvalue weighted by atomic mass is 10.1. The molecular formula is C31H39N3O7S. The molecule has 0 fully saturated rings. The second-order valence-electron chi connectivity index (χ2n) is 9.80. The number of carbonyl (C=O) groups excluding carboxylic acids is 2. The van der Waals surface area contributed by atoms with E-state index in [1.807, 2.05) is 51.1 Å². The highest BCUT2D eigenvalue weighted by atomic mass is 32.2. The van der Waals surface area contributed by atoms with Crippen LogP contribution >= 0.6 is 0 Å². The Balaban J connectivity index is 2.07. The Hall–Kier alpha value is -4.25. The van der Waals surface area contributed by atoms with Gasteiger partial charge in [0.15, 0.2) is 11.5 Å². The van der Waals surface area contributed by atoms with Gasteiger partial charge in [0.2, 0.25) is 11.8 Å². The van der Waals surface area contributed by atoms with Crippen LogP contribution in [0.3, 0.4) is 0 Å². The molecule has 226 valence electrons. The molecule has 3 aromatic rings. The molecule has 0 aliphatic heterocycles. The van der Waals surface area contributed by atoms with E-state index in [1.54, 1.807) is 31.2 Å². The van der Waals surface area contributed by atoms with E-state index in [9.17, 15) is 18.0 Å². The predicted molar refractivity (Wildman–Crippen MR) is 161 cm³/mol. The van der Waals surface area contributed by atoms with Gasteiger partial charge in [0, 0.05) is 18.7 Å². The van der Waals surface area contributed by atoms with Crippen molar-refractivity contribution in [2.45, 2.75) is 51.2 Å². The minimum absolute atomic E-state index is 0.0953. The van der Waals surface area contributed by atoms with Crippen LogP contribution in [0.25, 0.3) is 0 Å². The summed E-state index contributed by atoms with van der Waals surface area (Å²) in [5.74, 6) is 0.244. The molecule has 42 heavy (non-hydrogen) atoms. The topological polar surface area (TPSA) is 114 Å². The number of anilines is 1. The van der Waals surface area contributed by atoms with Gasteiger partial charge >= 0.3 is 0 Å². The van der Waals surface area contributed by atoms with Gasteiger partial charge < -0.3 is 24.4 Å². The first-order chi connectivity index (χ1) is 20.0. The Morgan fingerprint density at radius 2 is 1.52 bits per heavy atom. The van der Waals surface area contributed by atoms with Gasteiger partial charge in [0.05, 0.1) is 31.4 Å². The number of hydrogen-bond acceptors (Lipinski definition) is 7.